The number of hydrogen-bond acceptors (Lipinski definition) is 4. The molecule has 1 aromatic carbocycles. The Morgan fingerprint density at radius 1 is 1.19 bits per heavy atom. The minimum Gasteiger partial charge on any atom is -0.477 e. The summed E-state index contributed by atoms with van der Waals surface area (Å²) in [6, 6.07) is 8.10. The third-order valence-corrected chi connectivity index (χ3v) is 3.31. The quantitative estimate of drug-likeness (QED) is 0.912. The van der Waals surface area contributed by atoms with E-state index in [0.717, 1.165) is 0 Å². The Balaban J connectivity index is 2.39. The SMILES string of the molecule is O=C(O)c1sc(NC(=O)C(F)(F)F)nc1-c1ccccc1. The molecule has 0 unspecified atom stereocenters. The number of anilines is 1. The van der Waals surface area contributed by atoms with Crippen LogP contribution in [0.2, 0.25) is 0 Å². The van der Waals surface area contributed by atoms with Gasteiger partial charge in [0.15, 0.2) is 5.13 Å². The maximum Gasteiger partial charge on any atom is 0.471 e. The lowest BCUT2D eigenvalue weighted by molar-refractivity contribution is -0.167. The van der Waals surface area contributed by atoms with Crippen LogP contribution in [0.4, 0.5) is 18.3 Å². The number of amides is 1. The molecule has 2 N–H and O–H groups in total. The molecule has 0 aliphatic rings. The number of aromatic carboxylic acids is 1. The summed E-state index contributed by atoms with van der Waals surface area (Å²) in [6.07, 6.45) is -5.07. The Bertz CT molecular complexity index is 683. The Kier molecular flexibility index (Phi) is 3.94. The zero-order chi connectivity index (χ0) is 15.6. The highest BCUT2D eigenvalue weighted by molar-refractivity contribution is 7.18. The summed E-state index contributed by atoms with van der Waals surface area (Å²) in [5.41, 5.74) is 0.434. The molecular formula is C12H7F3N2O3S. The molecule has 21 heavy (non-hydrogen) atoms. The van der Waals surface area contributed by atoms with Gasteiger partial charge >= 0.3 is 18.1 Å². The first-order chi connectivity index (χ1) is 9.79. The normalized spacial score (nSPS) is 11.2. The number of halogens is 3. The summed E-state index contributed by atoms with van der Waals surface area (Å²) >= 11 is 0.464. The van der Waals surface area contributed by atoms with Crippen molar-refractivity contribution in [1.29, 1.82) is 0 Å². The summed E-state index contributed by atoms with van der Waals surface area (Å²) in [5.74, 6) is -3.54. The van der Waals surface area contributed by atoms with Crippen LogP contribution in [0.5, 0.6) is 0 Å². The second-order valence-corrected chi connectivity index (χ2v) is 4.82. The van der Waals surface area contributed by atoms with Gasteiger partial charge in [-0.25, -0.2) is 9.78 Å². The van der Waals surface area contributed by atoms with Crippen LogP contribution < -0.4 is 5.32 Å². The van der Waals surface area contributed by atoms with Crippen LogP contribution in [0.25, 0.3) is 11.3 Å². The number of nitrogens with one attached hydrogen (secondary N) is 1. The van der Waals surface area contributed by atoms with Gasteiger partial charge in [-0.1, -0.05) is 41.7 Å². The second kappa shape index (κ2) is 5.52. The first kappa shape index (κ1) is 15.0. The molecule has 1 aromatic heterocycles. The molecule has 0 saturated heterocycles. The lowest BCUT2D eigenvalue weighted by atomic mass is 10.1. The lowest BCUT2D eigenvalue weighted by Crippen LogP contribution is -2.29. The van der Waals surface area contributed by atoms with Crippen LogP contribution in [0.15, 0.2) is 30.3 Å². The predicted octanol–water partition coefficient (Wildman–Crippen LogP) is 3.01. The van der Waals surface area contributed by atoms with Crippen LogP contribution in [0, 0.1) is 0 Å². The molecule has 0 radical (unpaired) electrons. The number of carbonyl (C=O) groups excluding carboxylic acids is 1. The number of hydrogen-bond donors (Lipinski definition) is 2. The molecule has 0 fully saturated rings. The molecule has 0 aliphatic heterocycles. The molecule has 0 atom stereocenters. The van der Waals surface area contributed by atoms with E-state index in [0.29, 0.717) is 16.9 Å². The molecule has 1 heterocycles. The third kappa shape index (κ3) is 3.37. The maximum absolute atomic E-state index is 12.2. The Morgan fingerprint density at radius 2 is 1.81 bits per heavy atom. The van der Waals surface area contributed by atoms with Crippen molar-refractivity contribution in [2.24, 2.45) is 0 Å². The highest BCUT2D eigenvalue weighted by Gasteiger charge is 2.39. The number of carboxylic acids is 1. The largest absolute Gasteiger partial charge is 0.477 e. The number of nitrogens with zero attached hydrogens (tertiary/aromatic N) is 1. The Morgan fingerprint density at radius 3 is 2.33 bits per heavy atom. The first-order valence-corrected chi connectivity index (χ1v) is 6.28. The van der Waals surface area contributed by atoms with Gasteiger partial charge in [-0.05, 0) is 0 Å². The number of alkyl halides is 3. The average Bonchev–Trinajstić information content (AvgIpc) is 2.83. The molecule has 2 rings (SSSR count). The van der Waals surface area contributed by atoms with Gasteiger partial charge in [0.25, 0.3) is 0 Å². The minimum absolute atomic E-state index is 0.00516. The molecule has 0 spiro atoms. The van der Waals surface area contributed by atoms with Gasteiger partial charge in [0.05, 0.1) is 5.69 Å². The Hall–Kier alpha value is -2.42. The van der Waals surface area contributed by atoms with Crippen LogP contribution in [-0.2, 0) is 4.79 Å². The van der Waals surface area contributed by atoms with Crippen molar-refractivity contribution in [3.63, 3.8) is 0 Å². The van der Waals surface area contributed by atoms with Crippen molar-refractivity contribution in [2.45, 2.75) is 6.18 Å². The van der Waals surface area contributed by atoms with Crippen molar-refractivity contribution in [3.05, 3.63) is 35.2 Å². The fourth-order valence-electron chi connectivity index (χ4n) is 1.48. The summed E-state index contributed by atoms with van der Waals surface area (Å²) < 4.78 is 36.5. The molecule has 0 saturated carbocycles. The van der Waals surface area contributed by atoms with E-state index in [2.05, 4.69) is 4.98 Å². The van der Waals surface area contributed by atoms with Crippen molar-refractivity contribution in [1.82, 2.24) is 4.98 Å². The zero-order valence-electron chi connectivity index (χ0n) is 10.1. The Labute approximate surface area is 120 Å². The minimum atomic E-state index is -5.07. The van der Waals surface area contributed by atoms with Gasteiger partial charge < -0.3 is 5.11 Å². The van der Waals surface area contributed by atoms with Crippen molar-refractivity contribution in [3.8, 4) is 11.3 Å². The van der Waals surface area contributed by atoms with Crippen molar-refractivity contribution in [2.75, 3.05) is 5.32 Å². The molecule has 1 amide bonds. The third-order valence-electron chi connectivity index (χ3n) is 2.35. The van der Waals surface area contributed by atoms with Crippen LogP contribution >= 0.6 is 11.3 Å². The monoisotopic (exact) mass is 316 g/mol. The van der Waals surface area contributed by atoms with Gasteiger partial charge in [-0.3, -0.25) is 10.1 Å². The predicted molar refractivity (Wildman–Crippen MR) is 69.2 cm³/mol. The molecule has 0 bridgehead atoms. The van der Waals surface area contributed by atoms with Crippen LogP contribution in [-0.4, -0.2) is 28.1 Å². The van der Waals surface area contributed by atoms with Gasteiger partial charge in [-0.2, -0.15) is 13.2 Å². The highest BCUT2D eigenvalue weighted by Crippen LogP contribution is 2.31. The van der Waals surface area contributed by atoms with Crippen LogP contribution in [0.1, 0.15) is 9.67 Å². The average molecular weight is 316 g/mol. The summed E-state index contributed by atoms with van der Waals surface area (Å²) in [4.78, 5) is 25.5. The second-order valence-electron chi connectivity index (χ2n) is 3.82. The topological polar surface area (TPSA) is 79.3 Å². The standard InChI is InChI=1S/C12H7F3N2O3S/c13-12(14,15)10(20)17-11-16-7(8(21-11)9(18)19)6-4-2-1-3-5-6/h1-5H,(H,18,19)(H,16,17,20). The van der Waals surface area contributed by atoms with E-state index in [4.69, 9.17) is 5.11 Å². The number of carboxylic acid groups (broad SMARTS) is 1. The van der Waals surface area contributed by atoms with Gasteiger partial charge in [0.1, 0.15) is 4.88 Å². The smallest absolute Gasteiger partial charge is 0.471 e. The van der Waals surface area contributed by atoms with E-state index >= 15 is 0 Å². The maximum atomic E-state index is 12.2. The lowest BCUT2D eigenvalue weighted by Gasteiger charge is -2.04. The number of benzene rings is 1. The van der Waals surface area contributed by atoms with E-state index < -0.39 is 23.2 Å². The number of aromatic nitrogens is 1. The van der Waals surface area contributed by atoms with E-state index in [1.165, 1.54) is 0 Å². The number of rotatable bonds is 3. The summed E-state index contributed by atoms with van der Waals surface area (Å²) in [6.45, 7) is 0. The highest BCUT2D eigenvalue weighted by atomic mass is 32.1. The molecule has 110 valence electrons. The molecule has 0 aliphatic carbocycles. The fourth-order valence-corrected chi connectivity index (χ4v) is 2.30. The molecular weight excluding hydrogens is 309 g/mol. The molecule has 2 aromatic rings. The van der Waals surface area contributed by atoms with E-state index in [9.17, 15) is 22.8 Å². The fraction of sp³-hybridized carbons (Fsp3) is 0.0833. The molecule has 5 nitrogen and oxygen atoms in total. The van der Waals surface area contributed by atoms with Crippen LogP contribution in [0.3, 0.4) is 0 Å². The summed E-state index contributed by atoms with van der Waals surface area (Å²) in [5, 5.41) is 10.2. The van der Waals surface area contributed by atoms with Gasteiger partial charge in [0, 0.05) is 5.56 Å². The molecule has 9 heteroatoms. The first-order valence-electron chi connectivity index (χ1n) is 5.46. The number of carbonyl (C=O) groups is 2. The van der Waals surface area contributed by atoms with Gasteiger partial charge in [0.2, 0.25) is 0 Å². The van der Waals surface area contributed by atoms with E-state index in [1.807, 2.05) is 0 Å². The summed E-state index contributed by atoms with van der Waals surface area (Å²) in [7, 11) is 0. The van der Waals surface area contributed by atoms with Crippen molar-refractivity contribution >= 4 is 28.3 Å². The van der Waals surface area contributed by atoms with Crippen molar-refractivity contribution < 1.29 is 27.9 Å². The number of thiazole rings is 1. The van der Waals surface area contributed by atoms with E-state index in [1.54, 1.807) is 35.6 Å². The zero-order valence-corrected chi connectivity index (χ0v) is 11.0. The van der Waals surface area contributed by atoms with Gasteiger partial charge in [-0.15, -0.1) is 0 Å². The van der Waals surface area contributed by atoms with E-state index in [-0.39, 0.29) is 10.6 Å².